The predicted octanol–water partition coefficient (Wildman–Crippen LogP) is 4.22. The lowest BCUT2D eigenvalue weighted by atomic mass is 9.80. The number of ether oxygens (including phenoxy) is 1. The van der Waals surface area contributed by atoms with Crippen LogP contribution in [0.15, 0.2) is 18.2 Å². The number of fused-ring (bicyclic) bond motifs is 1. The van der Waals surface area contributed by atoms with Gasteiger partial charge in [-0.2, -0.15) is 5.26 Å². The zero-order chi connectivity index (χ0) is 16.4. The summed E-state index contributed by atoms with van der Waals surface area (Å²) in [4.78, 5) is 2.27. The van der Waals surface area contributed by atoms with Crippen molar-refractivity contribution in [3.8, 4) is 11.8 Å². The summed E-state index contributed by atoms with van der Waals surface area (Å²) in [5, 5.41) is 10.1. The molecule has 3 nitrogen and oxygen atoms in total. The fourth-order valence-electron chi connectivity index (χ4n) is 3.37. The minimum Gasteiger partial charge on any atom is -0.493 e. The molecule has 1 atom stereocenters. The van der Waals surface area contributed by atoms with Crippen molar-refractivity contribution in [2.45, 2.75) is 58.4 Å². The minimum atomic E-state index is -0.573. The molecule has 1 aromatic carbocycles. The summed E-state index contributed by atoms with van der Waals surface area (Å²) in [5.74, 6) is 0.874. The Balaban J connectivity index is 2.66. The van der Waals surface area contributed by atoms with Crippen LogP contribution in [0.25, 0.3) is 0 Å². The van der Waals surface area contributed by atoms with Crippen LogP contribution in [0.2, 0.25) is 0 Å². The molecule has 0 radical (unpaired) electrons. The van der Waals surface area contributed by atoms with Crippen molar-refractivity contribution in [3.63, 3.8) is 0 Å². The Morgan fingerprint density at radius 3 is 2.50 bits per heavy atom. The van der Waals surface area contributed by atoms with Gasteiger partial charge in [0.05, 0.1) is 12.7 Å². The average Bonchev–Trinajstić information content (AvgIpc) is 2.67. The van der Waals surface area contributed by atoms with Crippen LogP contribution in [0.1, 0.15) is 58.6 Å². The molecular formula is C19H28N2O. The highest BCUT2D eigenvalue weighted by Gasteiger charge is 2.41. The maximum atomic E-state index is 10.1. The van der Waals surface area contributed by atoms with E-state index in [2.05, 4.69) is 63.8 Å². The highest BCUT2D eigenvalue weighted by molar-refractivity contribution is 5.47. The minimum absolute atomic E-state index is 0.0613. The van der Waals surface area contributed by atoms with Crippen molar-refractivity contribution in [2.75, 3.05) is 19.7 Å². The normalized spacial score (nSPS) is 21.7. The van der Waals surface area contributed by atoms with Crippen LogP contribution < -0.4 is 4.74 Å². The van der Waals surface area contributed by atoms with E-state index in [1.54, 1.807) is 0 Å². The lowest BCUT2D eigenvalue weighted by molar-refractivity contribution is 0.141. The lowest BCUT2D eigenvalue weighted by Gasteiger charge is -2.38. The molecule has 120 valence electrons. The van der Waals surface area contributed by atoms with Crippen molar-refractivity contribution < 1.29 is 4.74 Å². The lowest BCUT2D eigenvalue weighted by Crippen LogP contribution is -2.45. The van der Waals surface area contributed by atoms with Gasteiger partial charge in [-0.1, -0.05) is 40.7 Å². The van der Waals surface area contributed by atoms with Gasteiger partial charge in [0.15, 0.2) is 0 Å². The van der Waals surface area contributed by atoms with E-state index in [1.165, 1.54) is 5.56 Å². The molecule has 0 aromatic heterocycles. The quantitative estimate of drug-likeness (QED) is 0.838. The van der Waals surface area contributed by atoms with Crippen LogP contribution in [0.4, 0.5) is 0 Å². The molecule has 1 aliphatic heterocycles. The van der Waals surface area contributed by atoms with Gasteiger partial charge in [0.2, 0.25) is 0 Å². The zero-order valence-electron chi connectivity index (χ0n) is 14.6. The summed E-state index contributed by atoms with van der Waals surface area (Å²) in [6.45, 7) is 13.3. The monoisotopic (exact) mass is 300 g/mol. The van der Waals surface area contributed by atoms with Gasteiger partial charge in [-0.25, -0.2) is 0 Å². The van der Waals surface area contributed by atoms with Crippen LogP contribution in [-0.4, -0.2) is 24.6 Å². The van der Waals surface area contributed by atoms with Gasteiger partial charge in [0.1, 0.15) is 11.3 Å². The highest BCUT2D eigenvalue weighted by atomic mass is 16.5. The van der Waals surface area contributed by atoms with Gasteiger partial charge < -0.3 is 4.74 Å². The van der Waals surface area contributed by atoms with Gasteiger partial charge >= 0.3 is 0 Å². The largest absolute Gasteiger partial charge is 0.493 e. The smallest absolute Gasteiger partial charge is 0.138 e. The molecule has 0 fully saturated rings. The van der Waals surface area contributed by atoms with E-state index in [-0.39, 0.29) is 5.41 Å². The van der Waals surface area contributed by atoms with Crippen molar-refractivity contribution >= 4 is 0 Å². The second kappa shape index (κ2) is 6.30. The van der Waals surface area contributed by atoms with Crippen LogP contribution in [-0.2, 0) is 11.0 Å². The Hall–Kier alpha value is -1.53. The second-order valence-corrected chi connectivity index (χ2v) is 7.06. The Morgan fingerprint density at radius 1 is 1.27 bits per heavy atom. The molecule has 1 unspecified atom stereocenters. The molecule has 0 bridgehead atoms. The third-order valence-electron chi connectivity index (χ3n) is 4.72. The first kappa shape index (κ1) is 16.8. The predicted molar refractivity (Wildman–Crippen MR) is 90.1 cm³/mol. The molecule has 0 N–H and O–H groups in total. The third-order valence-corrected chi connectivity index (χ3v) is 4.72. The van der Waals surface area contributed by atoms with E-state index >= 15 is 0 Å². The molecule has 0 saturated carbocycles. The van der Waals surface area contributed by atoms with E-state index in [0.29, 0.717) is 6.61 Å². The van der Waals surface area contributed by atoms with Gasteiger partial charge in [0, 0.05) is 5.56 Å². The summed E-state index contributed by atoms with van der Waals surface area (Å²) in [6.07, 6.45) is 1.73. The molecule has 0 saturated heterocycles. The summed E-state index contributed by atoms with van der Waals surface area (Å²) in [7, 11) is 0. The molecule has 0 aliphatic carbocycles. The van der Waals surface area contributed by atoms with E-state index in [4.69, 9.17) is 4.74 Å². The second-order valence-electron chi connectivity index (χ2n) is 7.06. The SMILES string of the molecule is CCN(CC)C1(C#N)CCCOc2ccc(C(C)(C)C)cc21. The Labute approximate surface area is 134 Å². The number of nitriles is 1. The third kappa shape index (κ3) is 2.85. The number of hydrogen-bond acceptors (Lipinski definition) is 3. The van der Waals surface area contributed by atoms with E-state index in [1.807, 2.05) is 0 Å². The van der Waals surface area contributed by atoms with Crippen LogP contribution in [0.5, 0.6) is 5.75 Å². The van der Waals surface area contributed by atoms with E-state index < -0.39 is 5.54 Å². The molecule has 1 heterocycles. The van der Waals surface area contributed by atoms with Crippen molar-refractivity contribution in [2.24, 2.45) is 0 Å². The van der Waals surface area contributed by atoms with E-state index in [9.17, 15) is 5.26 Å². The Bertz CT molecular complexity index is 564. The summed E-state index contributed by atoms with van der Waals surface area (Å²) in [6, 6.07) is 9.02. The maximum absolute atomic E-state index is 10.1. The van der Waals surface area contributed by atoms with Gasteiger partial charge in [-0.05, 0) is 49.0 Å². The highest BCUT2D eigenvalue weighted by Crippen LogP contribution is 2.42. The number of nitrogens with zero attached hydrogens (tertiary/aromatic N) is 2. The fraction of sp³-hybridized carbons (Fsp3) is 0.632. The molecule has 3 heteroatoms. The van der Waals surface area contributed by atoms with E-state index in [0.717, 1.165) is 37.2 Å². The van der Waals surface area contributed by atoms with Crippen molar-refractivity contribution in [1.82, 2.24) is 4.90 Å². The zero-order valence-corrected chi connectivity index (χ0v) is 14.6. The molecule has 2 rings (SSSR count). The number of rotatable bonds is 3. The molecule has 1 aromatic rings. The number of hydrogen-bond donors (Lipinski definition) is 0. The van der Waals surface area contributed by atoms with Gasteiger partial charge in [-0.15, -0.1) is 0 Å². The van der Waals surface area contributed by atoms with Gasteiger partial charge in [0.25, 0.3) is 0 Å². The summed E-state index contributed by atoms with van der Waals surface area (Å²) < 4.78 is 5.93. The van der Waals surface area contributed by atoms with Crippen molar-refractivity contribution in [1.29, 1.82) is 5.26 Å². The van der Waals surface area contributed by atoms with Gasteiger partial charge in [-0.3, -0.25) is 4.90 Å². The van der Waals surface area contributed by atoms with Crippen molar-refractivity contribution in [3.05, 3.63) is 29.3 Å². The van der Waals surface area contributed by atoms with Crippen LogP contribution in [0.3, 0.4) is 0 Å². The molecule has 22 heavy (non-hydrogen) atoms. The molecule has 1 aliphatic rings. The topological polar surface area (TPSA) is 36.3 Å². The average molecular weight is 300 g/mol. The Kier molecular flexibility index (Phi) is 4.82. The fourth-order valence-corrected chi connectivity index (χ4v) is 3.37. The molecule has 0 amide bonds. The molecular weight excluding hydrogens is 272 g/mol. The number of benzene rings is 1. The first-order chi connectivity index (χ1) is 10.4. The standard InChI is InChI=1S/C19H28N2O/c1-6-21(7-2)19(14-20)11-8-12-22-17-10-9-15(13-16(17)19)18(3,4)5/h9-10,13H,6-8,11-12H2,1-5H3. The molecule has 0 spiro atoms. The van der Waals surface area contributed by atoms with Crippen LogP contribution >= 0.6 is 0 Å². The first-order valence-electron chi connectivity index (χ1n) is 8.33. The summed E-state index contributed by atoms with van der Waals surface area (Å²) in [5.41, 5.74) is 1.79. The summed E-state index contributed by atoms with van der Waals surface area (Å²) >= 11 is 0. The first-order valence-corrected chi connectivity index (χ1v) is 8.33. The Morgan fingerprint density at radius 2 is 1.95 bits per heavy atom. The van der Waals surface area contributed by atoms with Crippen LogP contribution in [0, 0.1) is 11.3 Å². The maximum Gasteiger partial charge on any atom is 0.138 e.